The third-order valence-electron chi connectivity index (χ3n) is 2.90. The van der Waals surface area contributed by atoms with Gasteiger partial charge in [-0.05, 0) is 34.6 Å². The van der Waals surface area contributed by atoms with E-state index in [2.05, 4.69) is 44.8 Å². The van der Waals surface area contributed by atoms with E-state index in [1.807, 2.05) is 0 Å². The molecular weight excluding hydrogens is 148 g/mol. The van der Waals surface area contributed by atoms with Crippen LogP contribution in [-0.4, -0.2) is 35.6 Å². The summed E-state index contributed by atoms with van der Waals surface area (Å²) in [5.74, 6) is 0. The van der Waals surface area contributed by atoms with Crippen molar-refractivity contribution >= 4 is 0 Å². The largest absolute Gasteiger partial charge is 0.311 e. The van der Waals surface area contributed by atoms with Crippen LogP contribution < -0.4 is 5.32 Å². The molecule has 1 rings (SSSR count). The Labute approximate surface area is 76.3 Å². The molecule has 0 aromatic rings. The summed E-state index contributed by atoms with van der Waals surface area (Å²) in [6.07, 6.45) is 0. The molecule has 12 heavy (non-hydrogen) atoms. The van der Waals surface area contributed by atoms with Crippen molar-refractivity contribution in [3.05, 3.63) is 0 Å². The Morgan fingerprint density at radius 2 is 1.83 bits per heavy atom. The van der Waals surface area contributed by atoms with Crippen LogP contribution in [0.4, 0.5) is 0 Å². The zero-order valence-electron chi connectivity index (χ0n) is 9.02. The van der Waals surface area contributed by atoms with Gasteiger partial charge < -0.3 is 5.32 Å². The van der Waals surface area contributed by atoms with E-state index in [-0.39, 0.29) is 0 Å². The highest BCUT2D eigenvalue weighted by Crippen LogP contribution is 2.20. The van der Waals surface area contributed by atoms with E-state index in [0.717, 1.165) is 6.54 Å². The summed E-state index contributed by atoms with van der Waals surface area (Å²) < 4.78 is 0. The standard InChI is InChI=1S/C10H22N2/c1-8-9(2)12(7-6-11-8)10(3,4)5/h8-9,11H,6-7H2,1-5H3/t8-,9+/m1/s1. The molecule has 0 unspecified atom stereocenters. The zero-order chi connectivity index (χ0) is 9.35. The van der Waals surface area contributed by atoms with Crippen LogP contribution in [-0.2, 0) is 0 Å². The minimum atomic E-state index is 0.315. The van der Waals surface area contributed by atoms with Gasteiger partial charge in [0.25, 0.3) is 0 Å². The molecule has 0 spiro atoms. The van der Waals surface area contributed by atoms with Crippen LogP contribution in [0.3, 0.4) is 0 Å². The molecular formula is C10H22N2. The number of hydrogen-bond donors (Lipinski definition) is 1. The SMILES string of the molecule is C[C@H]1NCCN(C(C)(C)C)[C@H]1C. The Balaban J connectivity index is 2.64. The Bertz CT molecular complexity index is 148. The average Bonchev–Trinajstić information content (AvgIpc) is 1.92. The molecule has 2 atom stereocenters. The van der Waals surface area contributed by atoms with E-state index < -0.39 is 0 Å². The van der Waals surface area contributed by atoms with Crippen LogP contribution in [0.2, 0.25) is 0 Å². The molecule has 1 heterocycles. The van der Waals surface area contributed by atoms with Gasteiger partial charge in [-0.2, -0.15) is 0 Å². The van der Waals surface area contributed by atoms with Crippen molar-refractivity contribution in [1.82, 2.24) is 10.2 Å². The van der Waals surface area contributed by atoms with Gasteiger partial charge in [-0.1, -0.05) is 0 Å². The third kappa shape index (κ3) is 1.99. The number of hydrogen-bond acceptors (Lipinski definition) is 2. The predicted octanol–water partition coefficient (Wildman–Crippen LogP) is 1.47. The maximum Gasteiger partial charge on any atom is 0.0224 e. The lowest BCUT2D eigenvalue weighted by Gasteiger charge is -2.46. The van der Waals surface area contributed by atoms with E-state index >= 15 is 0 Å². The molecule has 1 aliphatic rings. The minimum Gasteiger partial charge on any atom is -0.311 e. The lowest BCUT2D eigenvalue weighted by atomic mass is 9.98. The second-order valence-electron chi connectivity index (χ2n) is 4.85. The predicted molar refractivity (Wildman–Crippen MR) is 53.4 cm³/mol. The quantitative estimate of drug-likeness (QED) is 0.592. The Kier molecular flexibility index (Phi) is 2.79. The lowest BCUT2D eigenvalue weighted by Crippen LogP contribution is -2.60. The first-order valence-electron chi connectivity index (χ1n) is 4.93. The van der Waals surface area contributed by atoms with E-state index in [4.69, 9.17) is 0 Å². The lowest BCUT2D eigenvalue weighted by molar-refractivity contribution is 0.0482. The van der Waals surface area contributed by atoms with Gasteiger partial charge in [0.1, 0.15) is 0 Å². The number of nitrogens with one attached hydrogen (secondary N) is 1. The number of rotatable bonds is 0. The summed E-state index contributed by atoms with van der Waals surface area (Å²) >= 11 is 0. The van der Waals surface area contributed by atoms with Gasteiger partial charge in [0.2, 0.25) is 0 Å². The first-order chi connectivity index (χ1) is 5.43. The molecule has 0 radical (unpaired) electrons. The first-order valence-corrected chi connectivity index (χ1v) is 4.93. The van der Waals surface area contributed by atoms with Crippen LogP contribution in [0.1, 0.15) is 34.6 Å². The smallest absolute Gasteiger partial charge is 0.0224 e. The van der Waals surface area contributed by atoms with E-state index in [9.17, 15) is 0 Å². The van der Waals surface area contributed by atoms with Crippen LogP contribution in [0.15, 0.2) is 0 Å². The Hall–Kier alpha value is -0.0800. The molecule has 0 aromatic carbocycles. The van der Waals surface area contributed by atoms with E-state index in [1.54, 1.807) is 0 Å². The van der Waals surface area contributed by atoms with Crippen molar-refractivity contribution in [2.45, 2.75) is 52.2 Å². The number of piperazine rings is 1. The summed E-state index contributed by atoms with van der Waals surface area (Å²) in [6.45, 7) is 13.8. The van der Waals surface area contributed by atoms with Crippen LogP contribution >= 0.6 is 0 Å². The molecule has 2 nitrogen and oxygen atoms in total. The van der Waals surface area contributed by atoms with Gasteiger partial charge in [-0.3, -0.25) is 4.90 Å². The van der Waals surface area contributed by atoms with Crippen molar-refractivity contribution in [2.75, 3.05) is 13.1 Å². The topological polar surface area (TPSA) is 15.3 Å². The highest BCUT2D eigenvalue weighted by atomic mass is 15.3. The molecule has 1 fully saturated rings. The fraction of sp³-hybridized carbons (Fsp3) is 1.00. The number of nitrogens with zero attached hydrogens (tertiary/aromatic N) is 1. The summed E-state index contributed by atoms with van der Waals surface area (Å²) in [5, 5.41) is 3.49. The molecule has 1 N–H and O–H groups in total. The third-order valence-corrected chi connectivity index (χ3v) is 2.90. The molecule has 72 valence electrons. The fourth-order valence-corrected chi connectivity index (χ4v) is 2.00. The summed E-state index contributed by atoms with van der Waals surface area (Å²) in [5.41, 5.74) is 0.315. The van der Waals surface area contributed by atoms with Crippen molar-refractivity contribution in [1.29, 1.82) is 0 Å². The van der Waals surface area contributed by atoms with Gasteiger partial charge in [-0.15, -0.1) is 0 Å². The van der Waals surface area contributed by atoms with Gasteiger partial charge >= 0.3 is 0 Å². The van der Waals surface area contributed by atoms with Crippen LogP contribution in [0.25, 0.3) is 0 Å². The van der Waals surface area contributed by atoms with Crippen molar-refractivity contribution < 1.29 is 0 Å². The molecule has 1 aliphatic heterocycles. The van der Waals surface area contributed by atoms with Gasteiger partial charge in [-0.25, -0.2) is 0 Å². The van der Waals surface area contributed by atoms with Gasteiger partial charge in [0.15, 0.2) is 0 Å². The summed E-state index contributed by atoms with van der Waals surface area (Å²) in [4.78, 5) is 2.58. The van der Waals surface area contributed by atoms with Crippen molar-refractivity contribution in [3.8, 4) is 0 Å². The molecule has 0 amide bonds. The van der Waals surface area contributed by atoms with E-state index in [1.165, 1.54) is 6.54 Å². The van der Waals surface area contributed by atoms with Crippen molar-refractivity contribution in [3.63, 3.8) is 0 Å². The zero-order valence-corrected chi connectivity index (χ0v) is 9.02. The maximum atomic E-state index is 3.49. The monoisotopic (exact) mass is 170 g/mol. The van der Waals surface area contributed by atoms with Gasteiger partial charge in [0.05, 0.1) is 0 Å². The Morgan fingerprint density at radius 1 is 1.25 bits per heavy atom. The van der Waals surface area contributed by atoms with Gasteiger partial charge in [0, 0.05) is 30.7 Å². The van der Waals surface area contributed by atoms with Crippen molar-refractivity contribution in [2.24, 2.45) is 0 Å². The second-order valence-corrected chi connectivity index (χ2v) is 4.85. The molecule has 0 aliphatic carbocycles. The maximum absolute atomic E-state index is 3.49. The van der Waals surface area contributed by atoms with Crippen LogP contribution in [0, 0.1) is 0 Å². The molecule has 1 saturated heterocycles. The highest BCUT2D eigenvalue weighted by molar-refractivity contribution is 4.90. The molecule has 0 saturated carbocycles. The molecule has 0 bridgehead atoms. The normalized spacial score (nSPS) is 33.8. The second kappa shape index (κ2) is 3.35. The minimum absolute atomic E-state index is 0.315. The molecule has 0 aromatic heterocycles. The fourth-order valence-electron chi connectivity index (χ4n) is 2.00. The van der Waals surface area contributed by atoms with Crippen LogP contribution in [0.5, 0.6) is 0 Å². The first kappa shape index (κ1) is 10.0. The molecule has 2 heteroatoms. The summed E-state index contributed by atoms with van der Waals surface area (Å²) in [7, 11) is 0. The van der Waals surface area contributed by atoms with E-state index in [0.29, 0.717) is 17.6 Å². The summed E-state index contributed by atoms with van der Waals surface area (Å²) in [6, 6.07) is 1.27. The Morgan fingerprint density at radius 3 is 2.25 bits per heavy atom. The highest BCUT2D eigenvalue weighted by Gasteiger charge is 2.31. The average molecular weight is 170 g/mol.